The summed E-state index contributed by atoms with van der Waals surface area (Å²) in [5, 5.41) is 2.84. The number of Topliss-reactive ketones (excluding diaryl/α,β-unsaturated/α-hetero) is 1. The van der Waals surface area contributed by atoms with Crippen molar-refractivity contribution in [3.63, 3.8) is 0 Å². The fourth-order valence-electron chi connectivity index (χ4n) is 10.2. The Morgan fingerprint density at radius 1 is 0.702 bits per heavy atom. The van der Waals surface area contributed by atoms with Crippen molar-refractivity contribution in [3.8, 4) is 17.2 Å². The highest BCUT2D eigenvalue weighted by Crippen LogP contribution is 2.33. The number of rotatable bonds is 8. The molecule has 0 saturated carbocycles. The summed E-state index contributed by atoms with van der Waals surface area (Å²) in [6.07, 6.45) is 5.56. The van der Waals surface area contributed by atoms with Crippen molar-refractivity contribution in [3.05, 3.63) is 102 Å². The standard InChI is InChI=1S/C63H84N6O15/c1-41-56(73)64-54(43-22-13-12-14-23-43)59(76)67(9)48(38-83-62(2,3)4)58(75)68-34-19-15-26-46(68)57(74)65(7)33-18-17-28-53(71)82-40-63(5,6)55(72)60(77)69-35-20-16-27-47(69)61(78)84-49(31-29-42-30-32-50(79-10)51(36-42)80-11)44-24-21-25-45(37-44)81-39-52(70)66(41)8/h12-14,17,21-25,28,30,32,36-37,41,46-49,54H,15-16,18-20,26-27,29,31,33-35,38-40H2,1-11H3,(H,64,73)/t41-,46-,47-,48-,49+,54?/m0/s1. The minimum atomic E-state index is -1.49. The largest absolute Gasteiger partial charge is 0.493 e. The second kappa shape index (κ2) is 29.6. The Morgan fingerprint density at radius 2 is 1.37 bits per heavy atom. The van der Waals surface area contributed by atoms with E-state index in [9.17, 15) is 43.2 Å². The summed E-state index contributed by atoms with van der Waals surface area (Å²) in [5.74, 6) is -4.82. The maximum atomic E-state index is 15.0. The van der Waals surface area contributed by atoms with Gasteiger partial charge in [-0.15, -0.1) is 0 Å². The van der Waals surface area contributed by atoms with Crippen molar-refractivity contribution in [2.45, 2.75) is 141 Å². The lowest BCUT2D eigenvalue weighted by Gasteiger charge is -2.41. The molecule has 3 aliphatic rings. The number of nitrogens with one attached hydrogen (secondary N) is 1. The van der Waals surface area contributed by atoms with E-state index in [0.717, 1.165) is 5.56 Å². The first-order valence-corrected chi connectivity index (χ1v) is 28.8. The van der Waals surface area contributed by atoms with Gasteiger partial charge in [-0.25, -0.2) is 9.59 Å². The fourth-order valence-corrected chi connectivity index (χ4v) is 10.2. The predicted octanol–water partition coefficient (Wildman–Crippen LogP) is 5.97. The Bertz CT molecular complexity index is 2870. The molecule has 6 amide bonds. The number of nitrogens with zero attached hydrogens (tertiary/aromatic N) is 5. The molecule has 21 nitrogen and oxygen atoms in total. The van der Waals surface area contributed by atoms with E-state index in [1.807, 2.05) is 32.9 Å². The number of amides is 6. The maximum Gasteiger partial charge on any atom is 0.330 e. The lowest BCUT2D eigenvalue weighted by Crippen LogP contribution is -2.60. The summed E-state index contributed by atoms with van der Waals surface area (Å²) < 4.78 is 35.0. The Balaban J connectivity index is 1.33. The van der Waals surface area contributed by atoms with Crippen LogP contribution in [0.1, 0.15) is 122 Å². The van der Waals surface area contributed by atoms with E-state index in [4.69, 9.17) is 28.4 Å². The molecule has 2 saturated heterocycles. The van der Waals surface area contributed by atoms with Crippen LogP contribution in [0.2, 0.25) is 0 Å². The van der Waals surface area contributed by atoms with Crippen LogP contribution in [0.4, 0.5) is 0 Å². The summed E-state index contributed by atoms with van der Waals surface area (Å²) in [4.78, 5) is 135. The summed E-state index contributed by atoms with van der Waals surface area (Å²) in [6.45, 7) is 9.19. The van der Waals surface area contributed by atoms with Crippen LogP contribution < -0.4 is 19.5 Å². The first-order chi connectivity index (χ1) is 39.8. The highest BCUT2D eigenvalue weighted by molar-refractivity contribution is 6.38. The molecule has 0 spiro atoms. The van der Waals surface area contributed by atoms with Crippen molar-refractivity contribution >= 4 is 53.2 Å². The number of piperidine rings is 2. The third kappa shape index (κ3) is 17.2. The molecular formula is C63H84N6O15. The minimum Gasteiger partial charge on any atom is -0.493 e. The van der Waals surface area contributed by atoms with Crippen molar-refractivity contribution in [1.29, 1.82) is 0 Å². The first kappa shape index (κ1) is 65.3. The number of fused-ring (bicyclic) bond motifs is 4. The monoisotopic (exact) mass is 1160 g/mol. The van der Waals surface area contributed by atoms with E-state index in [1.54, 1.807) is 67.7 Å². The number of carbonyl (C=O) groups is 9. The normalized spacial score (nSPS) is 23.8. The van der Waals surface area contributed by atoms with Crippen molar-refractivity contribution in [1.82, 2.24) is 29.8 Å². The average Bonchev–Trinajstić information content (AvgIpc) is 3.66. The zero-order valence-electron chi connectivity index (χ0n) is 50.5. The molecule has 3 aromatic carbocycles. The number of ketones is 1. The van der Waals surface area contributed by atoms with E-state index in [2.05, 4.69) is 5.32 Å². The van der Waals surface area contributed by atoms with E-state index in [1.165, 1.54) is 85.7 Å². The van der Waals surface area contributed by atoms with Crippen LogP contribution in [-0.4, -0.2) is 182 Å². The Labute approximate surface area is 493 Å². The van der Waals surface area contributed by atoms with Gasteiger partial charge < -0.3 is 58.2 Å². The van der Waals surface area contributed by atoms with E-state index in [0.29, 0.717) is 61.2 Å². The number of carbonyl (C=O) groups excluding carboxylic acids is 9. The SMILES string of the molecule is COc1ccc(CC[C@H]2OC(=O)[C@@H]3CCCCN3C(=O)C(=O)C(C)(C)COC(=O)C=CCCN(C)C(=O)[C@@H]3CCCCN3C(=O)[C@H](COC(C)(C)C)N(C)C(=O)C(c3ccccc3)NC(=O)[C@H](C)N(C)C(=O)COc3cccc2c3)cc1OC. The van der Waals surface area contributed by atoms with Gasteiger partial charge in [-0.05, 0) is 140 Å². The van der Waals surface area contributed by atoms with Crippen molar-refractivity contribution < 1.29 is 71.6 Å². The van der Waals surface area contributed by atoms with Gasteiger partial charge in [0, 0.05) is 46.9 Å². The van der Waals surface area contributed by atoms with Crippen LogP contribution in [0.15, 0.2) is 84.9 Å². The van der Waals surface area contributed by atoms with Gasteiger partial charge in [0.1, 0.15) is 48.7 Å². The molecule has 1 N–H and O–H groups in total. The minimum absolute atomic E-state index is 0.105. The quantitative estimate of drug-likeness (QED) is 0.202. The van der Waals surface area contributed by atoms with E-state index < -0.39 is 108 Å². The lowest BCUT2D eigenvalue weighted by molar-refractivity contribution is -0.165. The number of benzene rings is 3. The topological polar surface area (TPSA) is 237 Å². The number of aryl methyl sites for hydroxylation is 1. The number of esters is 2. The second-order valence-corrected chi connectivity index (χ2v) is 23.3. The van der Waals surface area contributed by atoms with Crippen LogP contribution in [0, 0.1) is 5.41 Å². The van der Waals surface area contributed by atoms with Crippen molar-refractivity contribution in [2.75, 3.05) is 74.8 Å². The van der Waals surface area contributed by atoms with Crippen LogP contribution in [0.3, 0.4) is 0 Å². The van der Waals surface area contributed by atoms with Gasteiger partial charge in [-0.1, -0.05) is 54.6 Å². The Hall–Kier alpha value is -7.81. The molecule has 84 heavy (non-hydrogen) atoms. The van der Waals surface area contributed by atoms with Gasteiger partial charge in [-0.2, -0.15) is 0 Å². The van der Waals surface area contributed by atoms with Gasteiger partial charge in [0.25, 0.3) is 11.8 Å². The van der Waals surface area contributed by atoms with Crippen LogP contribution in [0.5, 0.6) is 17.2 Å². The predicted molar refractivity (Wildman–Crippen MR) is 310 cm³/mol. The first-order valence-electron chi connectivity index (χ1n) is 28.8. The molecule has 6 rings (SSSR count). The molecule has 2 fully saturated rings. The van der Waals surface area contributed by atoms with E-state index >= 15 is 0 Å². The smallest absolute Gasteiger partial charge is 0.330 e. The van der Waals surface area contributed by atoms with Crippen molar-refractivity contribution in [2.24, 2.45) is 5.41 Å². The number of hydrogen-bond acceptors (Lipinski definition) is 15. The number of hydrogen-bond donors (Lipinski definition) is 1. The maximum absolute atomic E-state index is 15.0. The molecular weight excluding hydrogens is 1080 g/mol. The van der Waals surface area contributed by atoms with Gasteiger partial charge in [0.05, 0.1) is 31.8 Å². The molecule has 0 aliphatic carbocycles. The highest BCUT2D eigenvalue weighted by atomic mass is 16.5. The third-order valence-electron chi connectivity index (χ3n) is 15.5. The Morgan fingerprint density at radius 3 is 2.05 bits per heavy atom. The summed E-state index contributed by atoms with van der Waals surface area (Å²) in [5.41, 5.74) is -0.493. The summed E-state index contributed by atoms with van der Waals surface area (Å²) in [7, 11) is 7.54. The van der Waals surface area contributed by atoms with Crippen LogP contribution in [0.25, 0.3) is 0 Å². The number of ether oxygens (including phenoxy) is 6. The highest BCUT2D eigenvalue weighted by Gasteiger charge is 2.44. The summed E-state index contributed by atoms with van der Waals surface area (Å²) >= 11 is 0. The molecule has 2 bridgehead atoms. The second-order valence-electron chi connectivity index (χ2n) is 23.3. The average molecular weight is 1170 g/mol. The molecule has 456 valence electrons. The third-order valence-corrected chi connectivity index (χ3v) is 15.5. The van der Waals surface area contributed by atoms with Crippen LogP contribution >= 0.6 is 0 Å². The Kier molecular flexibility index (Phi) is 23.0. The molecule has 1 unspecified atom stereocenters. The molecule has 6 atom stereocenters. The van der Waals surface area contributed by atoms with Gasteiger partial charge in [0.15, 0.2) is 18.1 Å². The molecule has 3 aliphatic heterocycles. The molecule has 0 aromatic heterocycles. The lowest BCUT2D eigenvalue weighted by atomic mass is 9.87. The molecule has 3 aromatic rings. The van der Waals surface area contributed by atoms with Gasteiger partial charge in [0.2, 0.25) is 29.4 Å². The zero-order valence-corrected chi connectivity index (χ0v) is 50.5. The molecule has 21 heteroatoms. The van der Waals surface area contributed by atoms with Gasteiger partial charge >= 0.3 is 11.9 Å². The number of cyclic esters (lactones) is 2. The summed E-state index contributed by atoms with van der Waals surface area (Å²) in [6, 6.07) is 14.9. The zero-order chi connectivity index (χ0) is 61.5. The molecule has 3 heterocycles. The fraction of sp³-hybridized carbons (Fsp3) is 0.540. The number of likely N-dealkylation sites (N-methyl/N-ethyl adjacent to an activating group) is 3. The van der Waals surface area contributed by atoms with Crippen LogP contribution in [-0.2, 0) is 63.8 Å². The molecule has 0 radical (unpaired) electrons. The van der Waals surface area contributed by atoms with Gasteiger partial charge in [-0.3, -0.25) is 33.6 Å². The van der Waals surface area contributed by atoms with E-state index in [-0.39, 0.29) is 57.2 Å². The number of methoxy groups -OCH3 is 2.